The Morgan fingerprint density at radius 3 is 2.43 bits per heavy atom. The summed E-state index contributed by atoms with van der Waals surface area (Å²) in [5, 5.41) is 0. The highest BCUT2D eigenvalue weighted by Crippen LogP contribution is 2.26. The third kappa shape index (κ3) is 2.07. The average molecular weight is 193 g/mol. The second-order valence-corrected chi connectivity index (χ2v) is 4.27. The molecule has 2 nitrogen and oxygen atoms in total. The number of benzene rings is 1. The molecule has 14 heavy (non-hydrogen) atoms. The van der Waals surface area contributed by atoms with Crippen molar-refractivity contribution in [1.82, 2.24) is 0 Å². The summed E-state index contributed by atoms with van der Waals surface area (Å²) in [6.45, 7) is 7.00. The number of nitrogens with two attached hydrogens (primary N) is 1. The first-order valence-electron chi connectivity index (χ1n) is 4.86. The van der Waals surface area contributed by atoms with Crippen molar-refractivity contribution >= 4 is 0 Å². The van der Waals surface area contributed by atoms with Crippen LogP contribution in [0, 0.1) is 6.92 Å². The van der Waals surface area contributed by atoms with E-state index >= 15 is 0 Å². The monoisotopic (exact) mass is 193 g/mol. The van der Waals surface area contributed by atoms with Crippen LogP contribution in [0.1, 0.15) is 25.0 Å². The van der Waals surface area contributed by atoms with Crippen molar-refractivity contribution in [3.05, 3.63) is 29.3 Å². The van der Waals surface area contributed by atoms with Crippen LogP contribution in [0.25, 0.3) is 0 Å². The van der Waals surface area contributed by atoms with Gasteiger partial charge in [-0.1, -0.05) is 26.0 Å². The van der Waals surface area contributed by atoms with Crippen LogP contribution >= 0.6 is 0 Å². The van der Waals surface area contributed by atoms with E-state index in [-0.39, 0.29) is 5.41 Å². The fourth-order valence-electron chi connectivity index (χ4n) is 1.42. The van der Waals surface area contributed by atoms with Gasteiger partial charge in [-0.2, -0.15) is 0 Å². The fourth-order valence-corrected chi connectivity index (χ4v) is 1.42. The second kappa shape index (κ2) is 4.01. The number of aryl methyl sites for hydroxylation is 1. The molecule has 1 rings (SSSR count). The lowest BCUT2D eigenvalue weighted by atomic mass is 9.84. The van der Waals surface area contributed by atoms with Crippen LogP contribution in [-0.2, 0) is 5.41 Å². The molecule has 0 aliphatic carbocycles. The first-order valence-corrected chi connectivity index (χ1v) is 4.86. The summed E-state index contributed by atoms with van der Waals surface area (Å²) in [5.74, 6) is 0.932. The van der Waals surface area contributed by atoms with Crippen molar-refractivity contribution in [2.75, 3.05) is 13.7 Å². The fraction of sp³-hybridized carbons (Fsp3) is 0.500. The lowest BCUT2D eigenvalue weighted by Crippen LogP contribution is -2.28. The van der Waals surface area contributed by atoms with Crippen molar-refractivity contribution in [3.8, 4) is 5.75 Å². The van der Waals surface area contributed by atoms with Crippen LogP contribution in [0.15, 0.2) is 18.2 Å². The molecule has 0 aliphatic rings. The van der Waals surface area contributed by atoms with Gasteiger partial charge in [0.15, 0.2) is 0 Å². The Hall–Kier alpha value is -1.02. The largest absolute Gasteiger partial charge is 0.496 e. The van der Waals surface area contributed by atoms with E-state index in [4.69, 9.17) is 10.5 Å². The maximum atomic E-state index is 5.73. The Morgan fingerprint density at radius 1 is 1.36 bits per heavy atom. The SMILES string of the molecule is COc1ccc(C(C)(C)CN)cc1C. The van der Waals surface area contributed by atoms with E-state index in [1.807, 2.05) is 6.07 Å². The Bertz CT molecular complexity index is 318. The lowest BCUT2D eigenvalue weighted by Gasteiger charge is -2.23. The summed E-state index contributed by atoms with van der Waals surface area (Å²) >= 11 is 0. The van der Waals surface area contributed by atoms with E-state index in [0.717, 1.165) is 11.3 Å². The summed E-state index contributed by atoms with van der Waals surface area (Å²) in [4.78, 5) is 0. The molecule has 0 aromatic heterocycles. The van der Waals surface area contributed by atoms with Crippen molar-refractivity contribution < 1.29 is 4.74 Å². The van der Waals surface area contributed by atoms with E-state index in [1.165, 1.54) is 5.56 Å². The Kier molecular flexibility index (Phi) is 3.17. The van der Waals surface area contributed by atoms with Gasteiger partial charge in [-0.05, 0) is 24.1 Å². The van der Waals surface area contributed by atoms with Crippen molar-refractivity contribution in [2.24, 2.45) is 5.73 Å². The van der Waals surface area contributed by atoms with Crippen LogP contribution in [0.5, 0.6) is 5.75 Å². The summed E-state index contributed by atoms with van der Waals surface area (Å²) in [6.07, 6.45) is 0. The molecule has 0 unspecified atom stereocenters. The van der Waals surface area contributed by atoms with Gasteiger partial charge < -0.3 is 10.5 Å². The van der Waals surface area contributed by atoms with Gasteiger partial charge in [-0.25, -0.2) is 0 Å². The Balaban J connectivity index is 3.08. The quantitative estimate of drug-likeness (QED) is 0.799. The molecule has 0 aliphatic heterocycles. The van der Waals surface area contributed by atoms with Gasteiger partial charge >= 0.3 is 0 Å². The van der Waals surface area contributed by atoms with Gasteiger partial charge in [-0.3, -0.25) is 0 Å². The minimum atomic E-state index is 0.0387. The number of methoxy groups -OCH3 is 1. The first kappa shape index (κ1) is 11.1. The van der Waals surface area contributed by atoms with Crippen molar-refractivity contribution in [3.63, 3.8) is 0 Å². The molecule has 2 heteroatoms. The topological polar surface area (TPSA) is 35.2 Å². The molecule has 0 radical (unpaired) electrons. The average Bonchev–Trinajstić information content (AvgIpc) is 2.17. The van der Waals surface area contributed by atoms with Crippen LogP contribution < -0.4 is 10.5 Å². The maximum Gasteiger partial charge on any atom is 0.121 e. The van der Waals surface area contributed by atoms with Gasteiger partial charge in [0.1, 0.15) is 5.75 Å². The van der Waals surface area contributed by atoms with Crippen molar-refractivity contribution in [2.45, 2.75) is 26.2 Å². The molecular weight excluding hydrogens is 174 g/mol. The Morgan fingerprint density at radius 2 is 2.00 bits per heavy atom. The number of hydrogen-bond donors (Lipinski definition) is 1. The molecule has 0 heterocycles. The Labute approximate surface area is 86.1 Å². The van der Waals surface area contributed by atoms with Gasteiger partial charge in [0.25, 0.3) is 0 Å². The molecule has 0 saturated carbocycles. The van der Waals surface area contributed by atoms with Crippen LogP contribution in [0.3, 0.4) is 0 Å². The number of ether oxygens (including phenoxy) is 1. The normalized spacial score (nSPS) is 11.5. The van der Waals surface area contributed by atoms with Gasteiger partial charge in [-0.15, -0.1) is 0 Å². The molecule has 2 N–H and O–H groups in total. The predicted octanol–water partition coefficient (Wildman–Crippen LogP) is 2.24. The minimum absolute atomic E-state index is 0.0387. The molecule has 0 bridgehead atoms. The van der Waals surface area contributed by atoms with Gasteiger partial charge in [0.2, 0.25) is 0 Å². The molecular formula is C12H19NO. The molecule has 0 spiro atoms. The molecule has 0 amide bonds. The van der Waals surface area contributed by atoms with E-state index in [0.29, 0.717) is 6.54 Å². The van der Waals surface area contributed by atoms with E-state index in [2.05, 4.69) is 32.9 Å². The summed E-state index contributed by atoms with van der Waals surface area (Å²) in [6, 6.07) is 6.23. The lowest BCUT2D eigenvalue weighted by molar-refractivity contribution is 0.411. The predicted molar refractivity (Wildman–Crippen MR) is 59.8 cm³/mol. The second-order valence-electron chi connectivity index (χ2n) is 4.27. The van der Waals surface area contributed by atoms with Crippen LogP contribution in [0.4, 0.5) is 0 Å². The standard InChI is InChI=1S/C12H19NO/c1-9-7-10(12(2,3)8-13)5-6-11(9)14-4/h5-7H,8,13H2,1-4H3. The van der Waals surface area contributed by atoms with E-state index in [9.17, 15) is 0 Å². The molecule has 0 fully saturated rings. The third-order valence-corrected chi connectivity index (χ3v) is 2.69. The molecule has 78 valence electrons. The zero-order valence-corrected chi connectivity index (χ0v) is 9.42. The highest BCUT2D eigenvalue weighted by molar-refractivity contribution is 5.39. The molecule has 1 aromatic carbocycles. The summed E-state index contributed by atoms with van der Waals surface area (Å²) < 4.78 is 5.22. The van der Waals surface area contributed by atoms with Crippen LogP contribution in [0.2, 0.25) is 0 Å². The minimum Gasteiger partial charge on any atom is -0.496 e. The van der Waals surface area contributed by atoms with Crippen molar-refractivity contribution in [1.29, 1.82) is 0 Å². The summed E-state index contributed by atoms with van der Waals surface area (Å²) in [5.41, 5.74) is 8.19. The van der Waals surface area contributed by atoms with E-state index < -0.39 is 0 Å². The third-order valence-electron chi connectivity index (χ3n) is 2.69. The zero-order valence-electron chi connectivity index (χ0n) is 9.42. The molecule has 0 saturated heterocycles. The van der Waals surface area contributed by atoms with E-state index in [1.54, 1.807) is 7.11 Å². The maximum absolute atomic E-state index is 5.73. The highest BCUT2D eigenvalue weighted by Gasteiger charge is 2.18. The molecule has 1 aromatic rings. The smallest absolute Gasteiger partial charge is 0.121 e. The molecule has 0 atom stereocenters. The highest BCUT2D eigenvalue weighted by atomic mass is 16.5. The summed E-state index contributed by atoms with van der Waals surface area (Å²) in [7, 11) is 1.69. The van der Waals surface area contributed by atoms with Gasteiger partial charge in [0.05, 0.1) is 7.11 Å². The number of hydrogen-bond acceptors (Lipinski definition) is 2. The zero-order chi connectivity index (χ0) is 10.8. The van der Waals surface area contributed by atoms with Crippen LogP contribution in [-0.4, -0.2) is 13.7 Å². The number of rotatable bonds is 3. The van der Waals surface area contributed by atoms with Gasteiger partial charge in [0, 0.05) is 12.0 Å². The first-order chi connectivity index (χ1) is 6.51.